The minimum Gasteiger partial charge on any atom is -0.324 e. The molecule has 2 aliphatic rings. The van der Waals surface area contributed by atoms with Gasteiger partial charge in [0, 0.05) is 31.9 Å². The molecule has 2 amide bonds. The van der Waals surface area contributed by atoms with Gasteiger partial charge >= 0.3 is 6.03 Å². The quantitative estimate of drug-likeness (QED) is 0.851. The number of rotatable bonds is 4. The number of carbonyl (C=O) groups is 1. The number of likely N-dealkylation sites (tertiary alicyclic amines) is 2. The summed E-state index contributed by atoms with van der Waals surface area (Å²) >= 11 is 0. The van der Waals surface area contributed by atoms with Gasteiger partial charge in [-0.05, 0) is 50.9 Å². The molecule has 0 aliphatic carbocycles. The van der Waals surface area contributed by atoms with Gasteiger partial charge in [0.1, 0.15) is 0 Å². The number of hydrogen-bond acceptors (Lipinski definition) is 2. The molecule has 3 rings (SSSR count). The van der Waals surface area contributed by atoms with Crippen molar-refractivity contribution in [3.63, 3.8) is 0 Å². The third-order valence-corrected chi connectivity index (χ3v) is 4.51. The molecule has 0 aromatic heterocycles. The van der Waals surface area contributed by atoms with Gasteiger partial charge in [0.2, 0.25) is 0 Å². The van der Waals surface area contributed by atoms with E-state index in [0.717, 1.165) is 44.7 Å². The molecule has 0 spiro atoms. The van der Waals surface area contributed by atoms with Crippen LogP contribution in [0.5, 0.6) is 0 Å². The van der Waals surface area contributed by atoms with Crippen molar-refractivity contribution in [2.45, 2.75) is 25.7 Å². The molecule has 21 heavy (non-hydrogen) atoms. The van der Waals surface area contributed by atoms with Crippen LogP contribution in [0.1, 0.15) is 25.7 Å². The fraction of sp³-hybridized carbons (Fsp3) is 0.588. The van der Waals surface area contributed by atoms with Crippen LogP contribution in [0.4, 0.5) is 10.5 Å². The highest BCUT2D eigenvalue weighted by molar-refractivity contribution is 5.92. The molecule has 0 radical (unpaired) electrons. The Morgan fingerprint density at radius 2 is 1.57 bits per heavy atom. The Bertz CT molecular complexity index is 450. The molecule has 1 aromatic rings. The van der Waals surface area contributed by atoms with Crippen LogP contribution in [-0.4, -0.2) is 55.1 Å². The van der Waals surface area contributed by atoms with E-state index in [1.54, 1.807) is 0 Å². The second-order valence-corrected chi connectivity index (χ2v) is 6.01. The molecule has 4 heteroatoms. The van der Waals surface area contributed by atoms with E-state index in [1.807, 2.05) is 40.1 Å². The lowest BCUT2D eigenvalue weighted by atomic mass is 10.3. The van der Waals surface area contributed by atoms with Crippen LogP contribution in [-0.2, 0) is 0 Å². The summed E-state index contributed by atoms with van der Waals surface area (Å²) in [6.45, 7) is 5.95. The highest BCUT2D eigenvalue weighted by Gasteiger charge is 2.25. The van der Waals surface area contributed by atoms with Crippen molar-refractivity contribution in [3.05, 3.63) is 30.3 Å². The van der Waals surface area contributed by atoms with Gasteiger partial charge in [-0.3, -0.25) is 4.90 Å². The molecule has 2 fully saturated rings. The maximum Gasteiger partial charge on any atom is 0.324 e. The molecule has 114 valence electrons. The Hall–Kier alpha value is -1.55. The molecule has 0 unspecified atom stereocenters. The topological polar surface area (TPSA) is 26.8 Å². The largest absolute Gasteiger partial charge is 0.324 e. The Balaban J connectivity index is 1.69. The van der Waals surface area contributed by atoms with E-state index in [-0.39, 0.29) is 6.03 Å². The summed E-state index contributed by atoms with van der Waals surface area (Å²) in [5, 5.41) is 0. The van der Waals surface area contributed by atoms with Crippen LogP contribution in [0.2, 0.25) is 0 Å². The Morgan fingerprint density at radius 3 is 2.24 bits per heavy atom. The molecular formula is C17H25N3O. The molecular weight excluding hydrogens is 262 g/mol. The van der Waals surface area contributed by atoms with Gasteiger partial charge in [0.15, 0.2) is 0 Å². The van der Waals surface area contributed by atoms with Gasteiger partial charge in [-0.1, -0.05) is 18.2 Å². The highest BCUT2D eigenvalue weighted by Crippen LogP contribution is 2.19. The number of benzene rings is 1. The number of hydrogen-bond donors (Lipinski definition) is 0. The molecule has 0 N–H and O–H groups in total. The van der Waals surface area contributed by atoms with Crippen molar-refractivity contribution < 1.29 is 4.79 Å². The lowest BCUT2D eigenvalue weighted by molar-refractivity contribution is 0.214. The van der Waals surface area contributed by atoms with Gasteiger partial charge in [0.05, 0.1) is 0 Å². The third-order valence-electron chi connectivity index (χ3n) is 4.51. The molecule has 4 nitrogen and oxygen atoms in total. The van der Waals surface area contributed by atoms with Crippen LogP contribution < -0.4 is 4.90 Å². The van der Waals surface area contributed by atoms with Crippen LogP contribution >= 0.6 is 0 Å². The zero-order valence-corrected chi connectivity index (χ0v) is 12.7. The number of anilines is 1. The van der Waals surface area contributed by atoms with E-state index in [9.17, 15) is 4.79 Å². The van der Waals surface area contributed by atoms with E-state index < -0.39 is 0 Å². The van der Waals surface area contributed by atoms with E-state index in [4.69, 9.17) is 0 Å². The number of para-hydroxylation sites is 1. The molecule has 0 atom stereocenters. The van der Waals surface area contributed by atoms with Gasteiger partial charge in [-0.25, -0.2) is 4.79 Å². The van der Waals surface area contributed by atoms with Crippen molar-refractivity contribution in [3.8, 4) is 0 Å². The van der Waals surface area contributed by atoms with Crippen molar-refractivity contribution in [2.75, 3.05) is 44.2 Å². The smallest absolute Gasteiger partial charge is 0.324 e. The van der Waals surface area contributed by atoms with E-state index >= 15 is 0 Å². The minimum absolute atomic E-state index is 0.179. The standard InChI is InChI=1S/C17H25N3O/c21-17(19-12-6-7-13-19)20(16-8-2-1-3-9-16)15-14-18-10-4-5-11-18/h1-3,8-9H,4-7,10-15H2. The lowest BCUT2D eigenvalue weighted by Crippen LogP contribution is -2.45. The highest BCUT2D eigenvalue weighted by atomic mass is 16.2. The first kappa shape index (κ1) is 14.4. The summed E-state index contributed by atoms with van der Waals surface area (Å²) < 4.78 is 0. The van der Waals surface area contributed by atoms with Gasteiger partial charge in [-0.15, -0.1) is 0 Å². The van der Waals surface area contributed by atoms with Crippen LogP contribution in [0, 0.1) is 0 Å². The Morgan fingerprint density at radius 1 is 0.952 bits per heavy atom. The van der Waals surface area contributed by atoms with E-state index in [1.165, 1.54) is 25.9 Å². The SMILES string of the molecule is O=C(N1CCCC1)N(CCN1CCCC1)c1ccccc1. The Kier molecular flexibility index (Phi) is 4.76. The Labute approximate surface area is 127 Å². The predicted molar refractivity (Wildman–Crippen MR) is 85.7 cm³/mol. The fourth-order valence-electron chi connectivity index (χ4n) is 3.27. The van der Waals surface area contributed by atoms with Crippen LogP contribution in [0.25, 0.3) is 0 Å². The first-order valence-electron chi connectivity index (χ1n) is 8.18. The summed E-state index contributed by atoms with van der Waals surface area (Å²) in [4.78, 5) is 19.2. The third kappa shape index (κ3) is 3.56. The second-order valence-electron chi connectivity index (χ2n) is 6.01. The monoisotopic (exact) mass is 287 g/mol. The molecule has 2 saturated heterocycles. The first-order chi connectivity index (χ1) is 10.3. The average Bonchev–Trinajstić information content (AvgIpc) is 3.22. The van der Waals surface area contributed by atoms with E-state index in [2.05, 4.69) is 4.90 Å². The maximum absolute atomic E-state index is 12.8. The number of amides is 2. The summed E-state index contributed by atoms with van der Waals surface area (Å²) in [5.74, 6) is 0. The maximum atomic E-state index is 12.8. The molecule has 0 saturated carbocycles. The normalized spacial score (nSPS) is 19.1. The fourth-order valence-corrected chi connectivity index (χ4v) is 3.27. The molecule has 0 bridgehead atoms. The van der Waals surface area contributed by atoms with Crippen molar-refractivity contribution in [1.82, 2.24) is 9.80 Å². The lowest BCUT2D eigenvalue weighted by Gasteiger charge is -2.29. The second kappa shape index (κ2) is 6.94. The van der Waals surface area contributed by atoms with Crippen LogP contribution in [0.3, 0.4) is 0 Å². The number of nitrogens with zero attached hydrogens (tertiary/aromatic N) is 3. The summed E-state index contributed by atoms with van der Waals surface area (Å²) in [6.07, 6.45) is 4.87. The van der Waals surface area contributed by atoms with Gasteiger partial charge < -0.3 is 9.80 Å². The van der Waals surface area contributed by atoms with Crippen LogP contribution in [0.15, 0.2) is 30.3 Å². The van der Waals surface area contributed by atoms with Crippen molar-refractivity contribution in [2.24, 2.45) is 0 Å². The summed E-state index contributed by atoms with van der Waals surface area (Å²) in [5.41, 5.74) is 1.02. The summed E-state index contributed by atoms with van der Waals surface area (Å²) in [6, 6.07) is 10.3. The predicted octanol–water partition coefficient (Wildman–Crippen LogP) is 2.80. The average molecular weight is 287 g/mol. The first-order valence-corrected chi connectivity index (χ1v) is 8.18. The van der Waals surface area contributed by atoms with Gasteiger partial charge in [0.25, 0.3) is 0 Å². The van der Waals surface area contributed by atoms with Crippen molar-refractivity contribution >= 4 is 11.7 Å². The van der Waals surface area contributed by atoms with Gasteiger partial charge in [-0.2, -0.15) is 0 Å². The summed E-state index contributed by atoms with van der Waals surface area (Å²) in [7, 11) is 0. The van der Waals surface area contributed by atoms with Crippen molar-refractivity contribution in [1.29, 1.82) is 0 Å². The van der Waals surface area contributed by atoms with E-state index in [0.29, 0.717) is 0 Å². The number of carbonyl (C=O) groups excluding carboxylic acids is 1. The molecule has 2 aliphatic heterocycles. The molecule has 2 heterocycles. The number of urea groups is 1. The minimum atomic E-state index is 0.179. The zero-order valence-electron chi connectivity index (χ0n) is 12.7. The zero-order chi connectivity index (χ0) is 14.5. The molecule has 1 aromatic carbocycles.